The molecule has 0 amide bonds. The summed E-state index contributed by atoms with van der Waals surface area (Å²) in [4.78, 5) is 4.29. The molecule has 1 aromatic heterocycles. The molecule has 0 atom stereocenters. The number of imidazole rings is 1. The number of benzene rings is 1. The number of aromatic nitrogens is 2. The zero-order valence-electron chi connectivity index (χ0n) is 11.1. The summed E-state index contributed by atoms with van der Waals surface area (Å²) in [5.74, 6) is 0.598. The Kier molecular flexibility index (Phi) is 4.03. The van der Waals surface area contributed by atoms with Gasteiger partial charge in [-0.3, -0.25) is 0 Å². The third-order valence-electron chi connectivity index (χ3n) is 3.48. The molecule has 0 aliphatic rings. The van der Waals surface area contributed by atoms with Crippen molar-refractivity contribution in [3.8, 4) is 0 Å². The molecule has 0 saturated carbocycles. The van der Waals surface area contributed by atoms with Crippen LogP contribution in [0.3, 0.4) is 0 Å². The molecule has 3 nitrogen and oxygen atoms in total. The van der Waals surface area contributed by atoms with E-state index in [1.54, 1.807) is 0 Å². The van der Waals surface area contributed by atoms with Gasteiger partial charge in [0.05, 0.1) is 6.33 Å². The third-order valence-corrected chi connectivity index (χ3v) is 3.48. The molecule has 2 rings (SSSR count). The van der Waals surface area contributed by atoms with E-state index in [2.05, 4.69) is 35.5 Å². The Morgan fingerprint density at radius 1 is 1.17 bits per heavy atom. The summed E-state index contributed by atoms with van der Waals surface area (Å²) in [6.07, 6.45) is 6.23. The summed E-state index contributed by atoms with van der Waals surface area (Å²) < 4.78 is 2.24. The molecule has 3 heteroatoms. The summed E-state index contributed by atoms with van der Waals surface area (Å²) in [5, 5.41) is 0. The maximum absolute atomic E-state index is 5.70. The van der Waals surface area contributed by atoms with Crippen LogP contribution in [0.1, 0.15) is 43.9 Å². The molecule has 0 saturated heterocycles. The molecule has 18 heavy (non-hydrogen) atoms. The number of rotatable bonds is 5. The lowest BCUT2D eigenvalue weighted by molar-refractivity contribution is 0.582. The zero-order valence-corrected chi connectivity index (χ0v) is 11.1. The molecule has 0 spiro atoms. The minimum atomic E-state index is 0.598. The molecule has 0 fully saturated rings. The minimum Gasteiger partial charge on any atom is -0.399 e. The molecule has 0 aliphatic carbocycles. The van der Waals surface area contributed by atoms with E-state index in [9.17, 15) is 0 Å². The molecule has 0 bridgehead atoms. The van der Waals surface area contributed by atoms with Crippen LogP contribution in [0.15, 0.2) is 36.8 Å². The minimum absolute atomic E-state index is 0.598. The van der Waals surface area contributed by atoms with E-state index in [4.69, 9.17) is 5.73 Å². The van der Waals surface area contributed by atoms with Crippen molar-refractivity contribution in [3.63, 3.8) is 0 Å². The summed E-state index contributed by atoms with van der Waals surface area (Å²) in [7, 11) is 0. The Bertz CT molecular complexity index is 481. The van der Waals surface area contributed by atoms with Crippen LogP contribution in [0.5, 0.6) is 0 Å². The monoisotopic (exact) mass is 243 g/mol. The Hall–Kier alpha value is -1.77. The first-order chi connectivity index (χ1) is 8.74. The smallest absolute Gasteiger partial charge is 0.0951 e. The zero-order chi connectivity index (χ0) is 13.0. The van der Waals surface area contributed by atoms with Crippen LogP contribution in [0.25, 0.3) is 0 Å². The number of nitrogen functional groups attached to an aromatic ring is 1. The maximum Gasteiger partial charge on any atom is 0.0951 e. The Morgan fingerprint density at radius 2 is 1.83 bits per heavy atom. The van der Waals surface area contributed by atoms with Gasteiger partial charge < -0.3 is 10.3 Å². The highest BCUT2D eigenvalue weighted by Gasteiger charge is 2.12. The van der Waals surface area contributed by atoms with Crippen LogP contribution in [0, 0.1) is 0 Å². The van der Waals surface area contributed by atoms with Gasteiger partial charge in [0.1, 0.15) is 0 Å². The van der Waals surface area contributed by atoms with Gasteiger partial charge in [-0.05, 0) is 30.5 Å². The molecular formula is C15H21N3. The predicted octanol–water partition coefficient (Wildman–Crippen LogP) is 3.42. The van der Waals surface area contributed by atoms with E-state index in [1.807, 2.05) is 24.7 Å². The fourth-order valence-corrected chi connectivity index (χ4v) is 2.33. The number of nitrogens with two attached hydrogens (primary N) is 1. The van der Waals surface area contributed by atoms with Gasteiger partial charge in [0.25, 0.3) is 0 Å². The van der Waals surface area contributed by atoms with E-state index in [-0.39, 0.29) is 0 Å². The van der Waals surface area contributed by atoms with Crippen molar-refractivity contribution in [1.82, 2.24) is 9.55 Å². The number of hydrogen-bond acceptors (Lipinski definition) is 2. The number of nitrogens with zero attached hydrogens (tertiary/aromatic N) is 2. The quantitative estimate of drug-likeness (QED) is 0.818. The Labute approximate surface area is 109 Å². The Balaban J connectivity index is 2.19. The fourth-order valence-electron chi connectivity index (χ4n) is 2.33. The highest BCUT2D eigenvalue weighted by Crippen LogP contribution is 2.23. The molecule has 2 aromatic rings. The van der Waals surface area contributed by atoms with Gasteiger partial charge >= 0.3 is 0 Å². The van der Waals surface area contributed by atoms with E-state index in [0.29, 0.717) is 5.92 Å². The van der Waals surface area contributed by atoms with Crippen LogP contribution in [0.4, 0.5) is 5.69 Å². The van der Waals surface area contributed by atoms with Crippen molar-refractivity contribution < 1.29 is 0 Å². The molecule has 0 unspecified atom stereocenters. The van der Waals surface area contributed by atoms with Crippen LogP contribution in [-0.4, -0.2) is 9.55 Å². The molecule has 0 aliphatic heterocycles. The number of anilines is 1. The highest BCUT2D eigenvalue weighted by atomic mass is 15.0. The second kappa shape index (κ2) is 5.71. The summed E-state index contributed by atoms with van der Waals surface area (Å²) in [6, 6.07) is 8.05. The third kappa shape index (κ3) is 2.73. The summed E-state index contributed by atoms with van der Waals surface area (Å²) in [5.41, 5.74) is 9.10. The van der Waals surface area contributed by atoms with Gasteiger partial charge in [-0.2, -0.15) is 0 Å². The van der Waals surface area contributed by atoms with E-state index >= 15 is 0 Å². The van der Waals surface area contributed by atoms with Crippen molar-refractivity contribution in [1.29, 1.82) is 0 Å². The lowest BCUT2D eigenvalue weighted by Crippen LogP contribution is -2.07. The Morgan fingerprint density at radius 3 is 2.44 bits per heavy atom. The first-order valence-electron chi connectivity index (χ1n) is 6.59. The first-order valence-corrected chi connectivity index (χ1v) is 6.59. The van der Waals surface area contributed by atoms with Crippen molar-refractivity contribution in [3.05, 3.63) is 48.0 Å². The standard InChI is InChI=1S/C15H21N3/c1-3-13(4-2)15-9-17-11-18(15)10-12-5-7-14(16)8-6-12/h5-9,11,13H,3-4,10,16H2,1-2H3. The van der Waals surface area contributed by atoms with Crippen molar-refractivity contribution >= 4 is 5.69 Å². The van der Waals surface area contributed by atoms with E-state index < -0.39 is 0 Å². The van der Waals surface area contributed by atoms with Crippen LogP contribution >= 0.6 is 0 Å². The van der Waals surface area contributed by atoms with Gasteiger partial charge in [-0.15, -0.1) is 0 Å². The molecule has 1 aromatic carbocycles. The average Bonchev–Trinajstić information content (AvgIpc) is 2.82. The second-order valence-electron chi connectivity index (χ2n) is 4.70. The highest BCUT2D eigenvalue weighted by molar-refractivity contribution is 5.39. The molecule has 0 radical (unpaired) electrons. The normalized spacial score (nSPS) is 11.1. The molecular weight excluding hydrogens is 222 g/mol. The topological polar surface area (TPSA) is 43.8 Å². The summed E-state index contributed by atoms with van der Waals surface area (Å²) in [6.45, 7) is 5.33. The van der Waals surface area contributed by atoms with Crippen LogP contribution in [-0.2, 0) is 6.54 Å². The van der Waals surface area contributed by atoms with Gasteiger partial charge in [0.15, 0.2) is 0 Å². The predicted molar refractivity (Wildman–Crippen MR) is 75.5 cm³/mol. The molecule has 2 N–H and O–H groups in total. The van der Waals surface area contributed by atoms with Gasteiger partial charge in [-0.1, -0.05) is 26.0 Å². The van der Waals surface area contributed by atoms with Gasteiger partial charge in [0, 0.05) is 30.0 Å². The van der Waals surface area contributed by atoms with Gasteiger partial charge in [-0.25, -0.2) is 4.98 Å². The van der Waals surface area contributed by atoms with Crippen molar-refractivity contribution in [2.75, 3.05) is 5.73 Å². The van der Waals surface area contributed by atoms with E-state index in [0.717, 1.165) is 25.1 Å². The summed E-state index contributed by atoms with van der Waals surface area (Å²) >= 11 is 0. The van der Waals surface area contributed by atoms with Crippen LogP contribution < -0.4 is 5.73 Å². The lowest BCUT2D eigenvalue weighted by atomic mass is 10.00. The van der Waals surface area contributed by atoms with Crippen molar-refractivity contribution in [2.24, 2.45) is 0 Å². The molecule has 96 valence electrons. The SMILES string of the molecule is CCC(CC)c1cncn1Cc1ccc(N)cc1. The van der Waals surface area contributed by atoms with Gasteiger partial charge in [0.2, 0.25) is 0 Å². The van der Waals surface area contributed by atoms with Crippen molar-refractivity contribution in [2.45, 2.75) is 39.2 Å². The second-order valence-corrected chi connectivity index (χ2v) is 4.70. The van der Waals surface area contributed by atoms with Crippen LogP contribution in [0.2, 0.25) is 0 Å². The maximum atomic E-state index is 5.70. The number of hydrogen-bond donors (Lipinski definition) is 1. The largest absolute Gasteiger partial charge is 0.399 e. The lowest BCUT2D eigenvalue weighted by Gasteiger charge is -2.15. The molecule has 1 heterocycles. The average molecular weight is 243 g/mol. The first kappa shape index (κ1) is 12.7. The van der Waals surface area contributed by atoms with E-state index in [1.165, 1.54) is 11.3 Å². The fraction of sp³-hybridized carbons (Fsp3) is 0.400.